The van der Waals surface area contributed by atoms with Gasteiger partial charge in [0.15, 0.2) is 0 Å². The number of ketones is 1. The molecule has 0 aromatic heterocycles. The molecule has 4 heteroatoms. The van der Waals surface area contributed by atoms with Crippen molar-refractivity contribution in [3.63, 3.8) is 0 Å². The van der Waals surface area contributed by atoms with Crippen molar-refractivity contribution in [3.05, 3.63) is 84.7 Å². The Bertz CT molecular complexity index is 886. The number of hydrogen-bond acceptors (Lipinski definition) is 2. The fourth-order valence-electron chi connectivity index (χ4n) is 2.66. The molecule has 0 saturated heterocycles. The zero-order chi connectivity index (χ0) is 20.7. The van der Waals surface area contributed by atoms with Crippen LogP contribution in [-0.2, 0) is 9.59 Å². The van der Waals surface area contributed by atoms with Gasteiger partial charge in [-0.15, -0.1) is 0 Å². The molecule has 1 aliphatic heterocycles. The summed E-state index contributed by atoms with van der Waals surface area (Å²) in [5.74, 6) is -0.462. The molecule has 1 heterocycles. The third-order valence-electron chi connectivity index (χ3n) is 4.38. The van der Waals surface area contributed by atoms with E-state index in [9.17, 15) is 9.59 Å². The van der Waals surface area contributed by atoms with Crippen LogP contribution in [0.25, 0.3) is 6.08 Å². The SMILES string of the molecule is C=C(CC)N(CC)C(=O)/C(=C/C1=CC=C(/C=C/c2ccc(C)cc2)[I-]1)C(C)=O. The predicted octanol–water partition coefficient (Wildman–Crippen LogP) is 2.17. The van der Waals surface area contributed by atoms with Crippen LogP contribution in [0.1, 0.15) is 38.3 Å². The maximum absolute atomic E-state index is 12.9. The second-order valence-corrected chi connectivity index (χ2v) is 9.56. The van der Waals surface area contributed by atoms with Crippen LogP contribution in [0.15, 0.2) is 73.6 Å². The van der Waals surface area contributed by atoms with E-state index in [0.29, 0.717) is 13.0 Å². The van der Waals surface area contributed by atoms with Crippen LogP contribution in [0.4, 0.5) is 0 Å². The Morgan fingerprint density at radius 1 is 1.07 bits per heavy atom. The fourth-order valence-corrected chi connectivity index (χ4v) is 4.93. The number of aryl methyl sites for hydroxylation is 1. The first-order valence-corrected chi connectivity index (χ1v) is 11.5. The van der Waals surface area contributed by atoms with E-state index >= 15 is 0 Å². The summed E-state index contributed by atoms with van der Waals surface area (Å²) in [6.45, 7) is 11.8. The standard InChI is InChI=1S/C24H27INO2/c1-6-18(4)26(7-2)24(28)23(19(5)27)16-22-15-14-21(25-22)13-12-20-10-8-17(3)9-11-20/h8-16H,4,6-7H2,1-3,5H3/q-1/b13-12+,23-16+. The summed E-state index contributed by atoms with van der Waals surface area (Å²) >= 11 is -0.409. The van der Waals surface area contributed by atoms with Crippen molar-refractivity contribution in [2.45, 2.75) is 34.1 Å². The van der Waals surface area contributed by atoms with Crippen LogP contribution in [0.2, 0.25) is 0 Å². The van der Waals surface area contributed by atoms with Gasteiger partial charge in [-0.3, -0.25) is 0 Å². The summed E-state index contributed by atoms with van der Waals surface area (Å²) in [4.78, 5) is 26.6. The van der Waals surface area contributed by atoms with Gasteiger partial charge in [-0.1, -0.05) is 0 Å². The fraction of sp³-hybridized carbons (Fsp3) is 0.250. The molecule has 1 aromatic rings. The topological polar surface area (TPSA) is 37.4 Å². The number of amides is 1. The molecule has 148 valence electrons. The molecule has 0 aliphatic carbocycles. The molecule has 2 rings (SSSR count). The van der Waals surface area contributed by atoms with Gasteiger partial charge in [0.1, 0.15) is 0 Å². The van der Waals surface area contributed by atoms with E-state index in [4.69, 9.17) is 0 Å². The van der Waals surface area contributed by atoms with Crippen LogP contribution in [0, 0.1) is 6.92 Å². The minimum absolute atomic E-state index is 0.207. The predicted molar refractivity (Wildman–Crippen MR) is 112 cm³/mol. The summed E-state index contributed by atoms with van der Waals surface area (Å²) in [6.07, 6.45) is 10.8. The van der Waals surface area contributed by atoms with E-state index < -0.39 is 21.2 Å². The summed E-state index contributed by atoms with van der Waals surface area (Å²) in [7, 11) is 0. The van der Waals surface area contributed by atoms with E-state index in [2.05, 4.69) is 56.0 Å². The zero-order valence-electron chi connectivity index (χ0n) is 17.0. The first-order valence-electron chi connectivity index (χ1n) is 9.39. The van der Waals surface area contributed by atoms with Gasteiger partial charge in [0.05, 0.1) is 0 Å². The van der Waals surface area contributed by atoms with Crippen LogP contribution in [-0.4, -0.2) is 23.1 Å². The summed E-state index contributed by atoms with van der Waals surface area (Å²) in [5.41, 5.74) is 3.37. The molecule has 0 spiro atoms. The quantitative estimate of drug-likeness (QED) is 0.244. The van der Waals surface area contributed by atoms with Crippen molar-refractivity contribution in [1.82, 2.24) is 4.90 Å². The van der Waals surface area contributed by atoms with Crippen molar-refractivity contribution in [1.29, 1.82) is 0 Å². The van der Waals surface area contributed by atoms with Crippen molar-refractivity contribution in [2.24, 2.45) is 0 Å². The zero-order valence-corrected chi connectivity index (χ0v) is 19.1. The van der Waals surface area contributed by atoms with Crippen LogP contribution in [0.5, 0.6) is 0 Å². The molecule has 0 saturated carbocycles. The van der Waals surface area contributed by atoms with Gasteiger partial charge in [-0.25, -0.2) is 0 Å². The molecule has 0 radical (unpaired) electrons. The van der Waals surface area contributed by atoms with Gasteiger partial charge in [-0.2, -0.15) is 0 Å². The van der Waals surface area contributed by atoms with Crippen LogP contribution in [0.3, 0.4) is 0 Å². The van der Waals surface area contributed by atoms with Gasteiger partial charge < -0.3 is 0 Å². The van der Waals surface area contributed by atoms with Gasteiger partial charge in [-0.05, 0) is 0 Å². The first kappa shape index (κ1) is 22.1. The van der Waals surface area contributed by atoms with E-state index in [1.165, 1.54) is 16.1 Å². The Balaban J connectivity index is 2.11. The van der Waals surface area contributed by atoms with Crippen molar-refractivity contribution in [2.75, 3.05) is 6.54 Å². The number of hydrogen-bond donors (Lipinski definition) is 0. The number of carbonyl (C=O) groups excluding carboxylic acids is 2. The van der Waals surface area contributed by atoms with Gasteiger partial charge in [0, 0.05) is 0 Å². The number of nitrogens with zero attached hydrogens (tertiary/aromatic N) is 1. The van der Waals surface area contributed by atoms with E-state index in [-0.39, 0.29) is 17.3 Å². The Hall–Kier alpha value is -2.21. The molecular formula is C24H27INO2-. The number of Topliss-reactive ketones (excluding diaryl/α,β-unsaturated/α-hetero) is 1. The molecule has 1 aliphatic rings. The molecular weight excluding hydrogens is 461 g/mol. The first-order chi connectivity index (χ1) is 13.3. The molecule has 0 fully saturated rings. The maximum atomic E-state index is 12.9. The number of carbonyl (C=O) groups is 2. The molecule has 28 heavy (non-hydrogen) atoms. The average molecular weight is 488 g/mol. The normalized spacial score (nSPS) is 14.4. The molecule has 1 aromatic carbocycles. The van der Waals surface area contributed by atoms with Crippen LogP contribution < -0.4 is 21.2 Å². The van der Waals surface area contributed by atoms with Crippen molar-refractivity contribution in [3.8, 4) is 0 Å². The third-order valence-corrected chi connectivity index (χ3v) is 7.01. The summed E-state index contributed by atoms with van der Waals surface area (Å²) in [6, 6.07) is 8.39. The Kier molecular flexibility index (Phi) is 8.18. The van der Waals surface area contributed by atoms with Crippen molar-refractivity contribution < 1.29 is 30.8 Å². The Morgan fingerprint density at radius 3 is 2.29 bits per heavy atom. The Labute approximate surface area is 178 Å². The average Bonchev–Trinajstić information content (AvgIpc) is 3.13. The molecule has 0 N–H and O–H groups in total. The number of halogens is 1. The number of likely N-dealkylation sites (N-methyl/N-ethyl adjacent to an activating group) is 1. The molecule has 0 bridgehead atoms. The second-order valence-electron chi connectivity index (χ2n) is 6.53. The van der Waals surface area contributed by atoms with E-state index in [1.54, 1.807) is 11.0 Å². The minimum atomic E-state index is -0.409. The Morgan fingerprint density at radius 2 is 1.71 bits per heavy atom. The number of rotatable bonds is 8. The number of allylic oxidation sites excluding steroid dienone is 7. The molecule has 3 nitrogen and oxygen atoms in total. The van der Waals surface area contributed by atoms with Crippen LogP contribution >= 0.6 is 0 Å². The van der Waals surface area contributed by atoms with Gasteiger partial charge in [0.2, 0.25) is 0 Å². The molecule has 0 unspecified atom stereocenters. The third kappa shape index (κ3) is 5.89. The van der Waals surface area contributed by atoms with E-state index in [0.717, 1.165) is 14.8 Å². The van der Waals surface area contributed by atoms with Gasteiger partial charge >= 0.3 is 179 Å². The van der Waals surface area contributed by atoms with Crippen molar-refractivity contribution >= 4 is 17.8 Å². The summed E-state index contributed by atoms with van der Waals surface area (Å²) < 4.78 is 2.32. The van der Waals surface area contributed by atoms with E-state index in [1.807, 2.05) is 19.9 Å². The van der Waals surface area contributed by atoms with Gasteiger partial charge in [0.25, 0.3) is 0 Å². The molecule has 1 amide bonds. The molecule has 0 atom stereocenters. The summed E-state index contributed by atoms with van der Waals surface area (Å²) in [5, 5.41) is 0. The monoisotopic (exact) mass is 488 g/mol. The second kappa shape index (κ2) is 10.4. The number of benzene rings is 1.